The number of hydrogen-bond acceptors (Lipinski definition) is 3. The summed E-state index contributed by atoms with van der Waals surface area (Å²) in [5.41, 5.74) is 5.93. The van der Waals surface area contributed by atoms with Gasteiger partial charge in [0.25, 0.3) is 5.91 Å². The molecule has 2 heterocycles. The first-order chi connectivity index (χ1) is 9.13. The van der Waals surface area contributed by atoms with Gasteiger partial charge in [-0.3, -0.25) is 4.79 Å². The first-order valence-electron chi connectivity index (χ1n) is 6.17. The van der Waals surface area contributed by atoms with Crippen molar-refractivity contribution in [3.63, 3.8) is 0 Å². The Morgan fingerprint density at radius 3 is 2.89 bits per heavy atom. The Labute approximate surface area is 116 Å². The van der Waals surface area contributed by atoms with Gasteiger partial charge in [-0.2, -0.15) is 5.10 Å². The van der Waals surface area contributed by atoms with E-state index in [0.717, 1.165) is 17.8 Å². The molecule has 2 aromatic rings. The number of nitrogens with zero attached hydrogens (tertiary/aromatic N) is 2. The average molecular weight is 275 g/mol. The van der Waals surface area contributed by atoms with Gasteiger partial charge in [0, 0.05) is 23.5 Å². The number of carbonyl (C=O) groups excluding carboxylic acids is 1. The Morgan fingerprint density at radius 2 is 2.32 bits per heavy atom. The Kier molecular flexibility index (Phi) is 4.16. The van der Waals surface area contributed by atoms with Crippen molar-refractivity contribution in [2.24, 2.45) is 5.10 Å². The van der Waals surface area contributed by atoms with Crippen molar-refractivity contribution >= 4 is 23.5 Å². The zero-order valence-electron chi connectivity index (χ0n) is 11.3. The molecule has 0 radical (unpaired) electrons. The van der Waals surface area contributed by atoms with Crippen LogP contribution in [0.5, 0.6) is 0 Å². The van der Waals surface area contributed by atoms with Crippen molar-refractivity contribution in [1.29, 1.82) is 0 Å². The summed E-state index contributed by atoms with van der Waals surface area (Å²) in [6, 6.07) is 5.69. The number of amides is 1. The molecule has 2 aromatic heterocycles. The summed E-state index contributed by atoms with van der Waals surface area (Å²) in [5, 5.41) is 5.88. The molecule has 1 N–H and O–H groups in total. The molecule has 2 rings (SSSR count). The van der Waals surface area contributed by atoms with E-state index in [4.69, 9.17) is 0 Å². The molecule has 0 aliphatic rings. The van der Waals surface area contributed by atoms with Gasteiger partial charge < -0.3 is 4.57 Å². The molecule has 0 aliphatic heterocycles. The number of aryl methyl sites for hydroxylation is 1. The molecule has 4 nitrogen and oxygen atoms in total. The Hall–Kier alpha value is -1.88. The second-order valence-electron chi connectivity index (χ2n) is 4.25. The van der Waals surface area contributed by atoms with Crippen LogP contribution >= 0.6 is 11.3 Å². The molecule has 5 heteroatoms. The standard InChI is InChI=1S/C14H17N3OS/c1-4-17-10(2)8-12(11(17)3)9-15-16-14(18)13-6-5-7-19-13/h5-9H,4H2,1-3H3,(H,16,18)/b15-9+. The molecule has 1 amide bonds. The monoisotopic (exact) mass is 275 g/mol. The number of carbonyl (C=O) groups is 1. The van der Waals surface area contributed by atoms with E-state index in [2.05, 4.69) is 41.9 Å². The lowest BCUT2D eigenvalue weighted by Crippen LogP contribution is -2.16. The molecule has 0 saturated heterocycles. The van der Waals surface area contributed by atoms with Crippen molar-refractivity contribution in [2.75, 3.05) is 0 Å². The van der Waals surface area contributed by atoms with Gasteiger partial charge in [0.1, 0.15) is 0 Å². The minimum absolute atomic E-state index is 0.171. The molecule has 0 atom stereocenters. The summed E-state index contributed by atoms with van der Waals surface area (Å²) < 4.78 is 2.21. The van der Waals surface area contributed by atoms with Crippen LogP contribution in [0.1, 0.15) is 33.5 Å². The zero-order valence-corrected chi connectivity index (χ0v) is 12.1. The number of hydrogen-bond donors (Lipinski definition) is 1. The highest BCUT2D eigenvalue weighted by Crippen LogP contribution is 2.13. The highest BCUT2D eigenvalue weighted by Gasteiger charge is 2.06. The summed E-state index contributed by atoms with van der Waals surface area (Å²) in [4.78, 5) is 12.4. The maximum Gasteiger partial charge on any atom is 0.281 e. The van der Waals surface area contributed by atoms with Gasteiger partial charge in [0.2, 0.25) is 0 Å². The second-order valence-corrected chi connectivity index (χ2v) is 5.19. The van der Waals surface area contributed by atoms with Crippen LogP contribution in [-0.4, -0.2) is 16.7 Å². The SMILES string of the molecule is CCn1c(C)cc(/C=N/NC(=O)c2cccs2)c1C. The lowest BCUT2D eigenvalue weighted by molar-refractivity contribution is 0.0959. The third-order valence-electron chi connectivity index (χ3n) is 3.04. The molecule has 0 saturated carbocycles. The molecule has 0 fully saturated rings. The van der Waals surface area contributed by atoms with Crippen LogP contribution in [0.2, 0.25) is 0 Å². The normalized spacial score (nSPS) is 11.1. The predicted molar refractivity (Wildman–Crippen MR) is 79.0 cm³/mol. The summed E-state index contributed by atoms with van der Waals surface area (Å²) >= 11 is 1.40. The van der Waals surface area contributed by atoms with Crippen LogP contribution < -0.4 is 5.43 Å². The van der Waals surface area contributed by atoms with Gasteiger partial charge in [0.05, 0.1) is 11.1 Å². The van der Waals surface area contributed by atoms with Gasteiger partial charge in [-0.1, -0.05) is 6.07 Å². The van der Waals surface area contributed by atoms with E-state index in [-0.39, 0.29) is 5.91 Å². The molecule has 100 valence electrons. The molecule has 0 unspecified atom stereocenters. The molecular weight excluding hydrogens is 258 g/mol. The zero-order chi connectivity index (χ0) is 13.8. The first kappa shape index (κ1) is 13.5. The van der Waals surface area contributed by atoms with Crippen molar-refractivity contribution in [2.45, 2.75) is 27.3 Å². The smallest absolute Gasteiger partial charge is 0.281 e. The fourth-order valence-electron chi connectivity index (χ4n) is 2.07. The Bertz CT molecular complexity index is 596. The maximum atomic E-state index is 11.7. The van der Waals surface area contributed by atoms with Crippen LogP contribution in [0.4, 0.5) is 0 Å². The fraction of sp³-hybridized carbons (Fsp3) is 0.286. The minimum atomic E-state index is -0.171. The van der Waals surface area contributed by atoms with Gasteiger partial charge in [0.15, 0.2) is 0 Å². The maximum absolute atomic E-state index is 11.7. The lowest BCUT2D eigenvalue weighted by atomic mass is 10.3. The third-order valence-corrected chi connectivity index (χ3v) is 3.91. The van der Waals surface area contributed by atoms with Crippen molar-refractivity contribution in [1.82, 2.24) is 9.99 Å². The molecule has 0 spiro atoms. The van der Waals surface area contributed by atoms with Gasteiger partial charge in [-0.25, -0.2) is 5.43 Å². The van der Waals surface area contributed by atoms with Gasteiger partial charge in [-0.15, -0.1) is 11.3 Å². The topological polar surface area (TPSA) is 46.4 Å². The van der Waals surface area contributed by atoms with E-state index < -0.39 is 0 Å². The Morgan fingerprint density at radius 1 is 1.53 bits per heavy atom. The van der Waals surface area contributed by atoms with E-state index in [9.17, 15) is 4.79 Å². The van der Waals surface area contributed by atoms with Crippen LogP contribution in [0.25, 0.3) is 0 Å². The van der Waals surface area contributed by atoms with Crippen molar-refractivity contribution < 1.29 is 4.79 Å². The number of thiophene rings is 1. The number of aromatic nitrogens is 1. The van der Waals surface area contributed by atoms with Gasteiger partial charge >= 0.3 is 0 Å². The lowest BCUT2D eigenvalue weighted by Gasteiger charge is -2.04. The third kappa shape index (κ3) is 2.93. The molecule has 0 aliphatic carbocycles. The van der Waals surface area contributed by atoms with Crippen LogP contribution in [0.15, 0.2) is 28.7 Å². The van der Waals surface area contributed by atoms with E-state index in [1.54, 1.807) is 12.3 Å². The van der Waals surface area contributed by atoms with Crippen molar-refractivity contribution in [3.8, 4) is 0 Å². The predicted octanol–water partition coefficient (Wildman–Crippen LogP) is 2.95. The van der Waals surface area contributed by atoms with E-state index in [0.29, 0.717) is 4.88 Å². The Balaban J connectivity index is 2.05. The highest BCUT2D eigenvalue weighted by molar-refractivity contribution is 7.12. The highest BCUT2D eigenvalue weighted by atomic mass is 32.1. The van der Waals surface area contributed by atoms with Crippen LogP contribution in [-0.2, 0) is 6.54 Å². The molecular formula is C14H17N3OS. The number of rotatable bonds is 4. The second kappa shape index (κ2) is 5.84. The summed E-state index contributed by atoms with van der Waals surface area (Å²) in [6.07, 6.45) is 1.69. The number of hydrazone groups is 1. The minimum Gasteiger partial charge on any atom is -0.349 e. The quantitative estimate of drug-likeness (QED) is 0.677. The van der Waals surface area contributed by atoms with E-state index >= 15 is 0 Å². The van der Waals surface area contributed by atoms with Crippen molar-refractivity contribution in [3.05, 3.63) is 45.4 Å². The largest absolute Gasteiger partial charge is 0.349 e. The molecule has 19 heavy (non-hydrogen) atoms. The average Bonchev–Trinajstić information content (AvgIpc) is 2.99. The first-order valence-corrected chi connectivity index (χ1v) is 7.05. The van der Waals surface area contributed by atoms with Gasteiger partial charge in [-0.05, 0) is 38.3 Å². The fourth-order valence-corrected chi connectivity index (χ4v) is 2.68. The summed E-state index contributed by atoms with van der Waals surface area (Å²) in [6.45, 7) is 7.17. The van der Waals surface area contributed by atoms with Crippen LogP contribution in [0.3, 0.4) is 0 Å². The molecule has 0 aromatic carbocycles. The summed E-state index contributed by atoms with van der Waals surface area (Å²) in [5.74, 6) is -0.171. The molecule has 0 bridgehead atoms. The summed E-state index contributed by atoms with van der Waals surface area (Å²) in [7, 11) is 0. The van der Waals surface area contributed by atoms with E-state index in [1.807, 2.05) is 11.4 Å². The van der Waals surface area contributed by atoms with E-state index in [1.165, 1.54) is 17.0 Å². The van der Waals surface area contributed by atoms with Crippen LogP contribution in [0, 0.1) is 13.8 Å². The number of nitrogens with one attached hydrogen (secondary N) is 1.